The number of hydrogen-bond acceptors (Lipinski definition) is 4. The van der Waals surface area contributed by atoms with Crippen molar-refractivity contribution in [2.75, 3.05) is 12.9 Å². The lowest BCUT2D eigenvalue weighted by molar-refractivity contribution is -0.156. The van der Waals surface area contributed by atoms with Crippen LogP contribution < -0.4 is 0 Å². The average molecular weight is 306 g/mol. The lowest BCUT2D eigenvalue weighted by atomic mass is 9.58. The van der Waals surface area contributed by atoms with Crippen LogP contribution in [-0.4, -0.2) is 32.4 Å². The van der Waals surface area contributed by atoms with Gasteiger partial charge in [0.2, 0.25) is 0 Å². The zero-order valence-corrected chi connectivity index (χ0v) is 13.8. The first-order valence-corrected chi connectivity index (χ1v) is 8.75. The second kappa shape index (κ2) is 5.30. The van der Waals surface area contributed by atoms with E-state index < -0.39 is 21.5 Å². The molecule has 0 aromatic rings. The standard InChI is InChI=1S/C14H26O5S/c1-12(2)13(3,7-6-10-19-20(5,17)18)8-9-14(12,4)11(15)16/h6-10H2,1-5H3,(H,15,16)/t13-,14-/m1/s1. The van der Waals surface area contributed by atoms with Crippen LogP contribution in [0.3, 0.4) is 0 Å². The Morgan fingerprint density at radius 3 is 2.15 bits per heavy atom. The molecule has 0 aromatic carbocycles. The Hall–Kier alpha value is -0.620. The summed E-state index contributed by atoms with van der Waals surface area (Å²) in [5.74, 6) is -0.751. The minimum absolute atomic E-state index is 0.124. The molecule has 118 valence electrons. The van der Waals surface area contributed by atoms with E-state index in [1.165, 1.54) is 0 Å². The van der Waals surface area contributed by atoms with Gasteiger partial charge >= 0.3 is 5.97 Å². The van der Waals surface area contributed by atoms with E-state index in [1.807, 2.05) is 20.8 Å². The van der Waals surface area contributed by atoms with Crippen molar-refractivity contribution in [2.24, 2.45) is 16.2 Å². The molecule has 5 nitrogen and oxygen atoms in total. The quantitative estimate of drug-likeness (QED) is 0.602. The minimum Gasteiger partial charge on any atom is -0.481 e. The highest BCUT2D eigenvalue weighted by molar-refractivity contribution is 7.85. The van der Waals surface area contributed by atoms with E-state index in [-0.39, 0.29) is 17.4 Å². The smallest absolute Gasteiger partial charge is 0.309 e. The highest BCUT2D eigenvalue weighted by Crippen LogP contribution is 2.64. The van der Waals surface area contributed by atoms with Gasteiger partial charge in [-0.1, -0.05) is 20.8 Å². The van der Waals surface area contributed by atoms with Crippen molar-refractivity contribution in [3.8, 4) is 0 Å². The Morgan fingerprint density at radius 2 is 1.75 bits per heavy atom. The first kappa shape index (κ1) is 17.4. The zero-order valence-electron chi connectivity index (χ0n) is 13.0. The summed E-state index contributed by atoms with van der Waals surface area (Å²) in [6, 6.07) is 0. The summed E-state index contributed by atoms with van der Waals surface area (Å²) in [7, 11) is -3.40. The van der Waals surface area contributed by atoms with Crippen LogP contribution in [0.25, 0.3) is 0 Å². The topological polar surface area (TPSA) is 80.7 Å². The maximum absolute atomic E-state index is 11.6. The molecule has 6 heteroatoms. The van der Waals surface area contributed by atoms with Crippen LogP contribution in [0.2, 0.25) is 0 Å². The molecule has 0 spiro atoms. The second-order valence-electron chi connectivity index (χ2n) is 6.95. The number of rotatable bonds is 6. The molecule has 0 bridgehead atoms. The molecule has 0 aromatic heterocycles. The maximum Gasteiger partial charge on any atom is 0.309 e. The first-order valence-electron chi connectivity index (χ1n) is 6.94. The monoisotopic (exact) mass is 306 g/mol. The molecular weight excluding hydrogens is 280 g/mol. The van der Waals surface area contributed by atoms with Crippen molar-refractivity contribution >= 4 is 16.1 Å². The molecular formula is C14H26O5S. The van der Waals surface area contributed by atoms with Crippen molar-refractivity contribution in [1.82, 2.24) is 0 Å². The first-order chi connectivity index (χ1) is 8.86. The molecule has 0 saturated heterocycles. The summed E-state index contributed by atoms with van der Waals surface area (Å²) in [5.41, 5.74) is -1.21. The van der Waals surface area contributed by atoms with Gasteiger partial charge in [0, 0.05) is 0 Å². The van der Waals surface area contributed by atoms with Gasteiger partial charge in [-0.05, 0) is 43.4 Å². The van der Waals surface area contributed by atoms with Gasteiger partial charge in [-0.25, -0.2) is 0 Å². The SMILES string of the molecule is CC1(C)[C@](C)(CCCOS(C)(=O)=O)CC[C@]1(C)C(=O)O. The fraction of sp³-hybridized carbons (Fsp3) is 0.929. The summed E-state index contributed by atoms with van der Waals surface area (Å²) in [6.07, 6.45) is 3.90. The van der Waals surface area contributed by atoms with E-state index in [2.05, 4.69) is 6.92 Å². The van der Waals surface area contributed by atoms with E-state index in [0.29, 0.717) is 12.8 Å². The number of carboxylic acids is 1. The number of carbonyl (C=O) groups is 1. The van der Waals surface area contributed by atoms with Crippen LogP contribution >= 0.6 is 0 Å². The second-order valence-corrected chi connectivity index (χ2v) is 8.60. The molecule has 20 heavy (non-hydrogen) atoms. The molecule has 0 heterocycles. The summed E-state index contributed by atoms with van der Waals surface area (Å²) < 4.78 is 26.6. The third-order valence-electron chi connectivity index (χ3n) is 5.71. The van der Waals surface area contributed by atoms with Crippen molar-refractivity contribution in [1.29, 1.82) is 0 Å². The van der Waals surface area contributed by atoms with Gasteiger partial charge in [-0.3, -0.25) is 8.98 Å². The summed E-state index contributed by atoms with van der Waals surface area (Å²) >= 11 is 0. The van der Waals surface area contributed by atoms with Gasteiger partial charge in [-0.2, -0.15) is 8.42 Å². The Labute approximate surface area is 121 Å². The molecule has 1 aliphatic rings. The minimum atomic E-state index is -3.40. The highest BCUT2D eigenvalue weighted by Gasteiger charge is 2.61. The molecule has 1 rings (SSSR count). The van der Waals surface area contributed by atoms with Gasteiger partial charge in [0.05, 0.1) is 18.3 Å². The Balaban J connectivity index is 2.73. The van der Waals surface area contributed by atoms with E-state index in [9.17, 15) is 18.3 Å². The summed E-state index contributed by atoms with van der Waals surface area (Å²) in [5, 5.41) is 9.51. The molecule has 0 aliphatic heterocycles. The number of hydrogen-bond donors (Lipinski definition) is 1. The summed E-state index contributed by atoms with van der Waals surface area (Å²) in [6.45, 7) is 8.08. The fourth-order valence-electron chi connectivity index (χ4n) is 3.30. The van der Waals surface area contributed by atoms with Gasteiger partial charge in [-0.15, -0.1) is 0 Å². The van der Waals surface area contributed by atoms with Crippen LogP contribution in [0, 0.1) is 16.2 Å². The average Bonchev–Trinajstić information content (AvgIpc) is 2.46. The molecule has 0 radical (unpaired) electrons. The highest BCUT2D eigenvalue weighted by atomic mass is 32.2. The lowest BCUT2D eigenvalue weighted by Crippen LogP contribution is -2.44. The summed E-state index contributed by atoms with van der Waals surface area (Å²) in [4.78, 5) is 11.6. The fourth-order valence-corrected chi connectivity index (χ4v) is 3.72. The normalized spacial score (nSPS) is 33.2. The number of carboxylic acid groups (broad SMARTS) is 1. The lowest BCUT2D eigenvalue weighted by Gasteiger charge is -2.45. The van der Waals surface area contributed by atoms with Crippen LogP contribution in [-0.2, 0) is 19.1 Å². The molecule has 1 saturated carbocycles. The Morgan fingerprint density at radius 1 is 1.20 bits per heavy atom. The Kier molecular flexibility index (Phi) is 4.62. The zero-order chi connectivity index (χ0) is 15.8. The van der Waals surface area contributed by atoms with Gasteiger partial charge < -0.3 is 5.11 Å². The maximum atomic E-state index is 11.6. The Bertz CT molecular complexity index is 482. The molecule has 1 N–H and O–H groups in total. The van der Waals surface area contributed by atoms with Gasteiger partial charge in [0.15, 0.2) is 0 Å². The van der Waals surface area contributed by atoms with Crippen LogP contribution in [0.4, 0.5) is 0 Å². The van der Waals surface area contributed by atoms with Gasteiger partial charge in [0.1, 0.15) is 0 Å². The molecule has 1 aliphatic carbocycles. The van der Waals surface area contributed by atoms with Crippen molar-refractivity contribution in [3.63, 3.8) is 0 Å². The molecule has 1 fully saturated rings. The predicted molar refractivity (Wildman–Crippen MR) is 76.9 cm³/mol. The molecule has 0 unspecified atom stereocenters. The van der Waals surface area contributed by atoms with Crippen molar-refractivity contribution < 1.29 is 22.5 Å². The van der Waals surface area contributed by atoms with Crippen molar-refractivity contribution in [3.05, 3.63) is 0 Å². The van der Waals surface area contributed by atoms with Crippen molar-refractivity contribution in [2.45, 2.75) is 53.4 Å². The van der Waals surface area contributed by atoms with Crippen LogP contribution in [0.5, 0.6) is 0 Å². The predicted octanol–water partition coefficient (Wildman–Crippen LogP) is 2.66. The van der Waals surface area contributed by atoms with E-state index in [0.717, 1.165) is 19.1 Å². The third-order valence-corrected chi connectivity index (χ3v) is 6.30. The van der Waals surface area contributed by atoms with Crippen LogP contribution in [0.1, 0.15) is 53.4 Å². The van der Waals surface area contributed by atoms with E-state index >= 15 is 0 Å². The van der Waals surface area contributed by atoms with E-state index in [4.69, 9.17) is 4.18 Å². The third kappa shape index (κ3) is 3.01. The van der Waals surface area contributed by atoms with Gasteiger partial charge in [0.25, 0.3) is 10.1 Å². The number of aliphatic carboxylic acids is 1. The van der Waals surface area contributed by atoms with Crippen LogP contribution in [0.15, 0.2) is 0 Å². The molecule has 0 amide bonds. The molecule has 2 atom stereocenters. The largest absolute Gasteiger partial charge is 0.481 e. The van der Waals surface area contributed by atoms with E-state index in [1.54, 1.807) is 0 Å².